The van der Waals surface area contributed by atoms with Crippen LogP contribution in [0.25, 0.3) is 0 Å². The van der Waals surface area contributed by atoms with E-state index < -0.39 is 0 Å². The Kier molecular flexibility index (Phi) is 3.11. The van der Waals surface area contributed by atoms with Gasteiger partial charge in [0.1, 0.15) is 5.82 Å². The van der Waals surface area contributed by atoms with Crippen LogP contribution in [0.15, 0.2) is 29.2 Å². The molecule has 0 aliphatic carbocycles. The predicted molar refractivity (Wildman–Crippen MR) is 61.5 cm³/mol. The van der Waals surface area contributed by atoms with Gasteiger partial charge in [0.05, 0.1) is 17.7 Å². The summed E-state index contributed by atoms with van der Waals surface area (Å²) in [6, 6.07) is 3.72. The maximum absolute atomic E-state index is 5.26. The maximum atomic E-state index is 5.26. The van der Waals surface area contributed by atoms with Crippen LogP contribution in [-0.2, 0) is 6.54 Å². The first-order valence-electron chi connectivity index (χ1n) is 4.42. The summed E-state index contributed by atoms with van der Waals surface area (Å²) in [5.41, 5.74) is 6.30. The second kappa shape index (κ2) is 4.72. The molecule has 0 saturated heterocycles. The molecule has 0 aliphatic heterocycles. The van der Waals surface area contributed by atoms with Crippen molar-refractivity contribution in [2.24, 2.45) is 5.84 Å². The summed E-state index contributed by atoms with van der Waals surface area (Å²) in [6.07, 6.45) is 1.69. The van der Waals surface area contributed by atoms with Gasteiger partial charge in [0.25, 0.3) is 0 Å². The lowest BCUT2D eigenvalue weighted by molar-refractivity contribution is 1.07. The Morgan fingerprint density at radius 3 is 3.07 bits per heavy atom. The molecule has 0 aromatic carbocycles. The van der Waals surface area contributed by atoms with Gasteiger partial charge in [-0.1, -0.05) is 0 Å². The quantitative estimate of drug-likeness (QED) is 0.538. The van der Waals surface area contributed by atoms with Crippen LogP contribution in [0.3, 0.4) is 0 Å². The van der Waals surface area contributed by atoms with Crippen molar-refractivity contribution in [3.63, 3.8) is 0 Å². The van der Waals surface area contributed by atoms with Crippen LogP contribution < -0.4 is 16.6 Å². The smallest absolute Gasteiger partial charge is 0.141 e. The molecule has 4 N–H and O–H groups in total. The van der Waals surface area contributed by atoms with Crippen molar-refractivity contribution in [1.82, 2.24) is 9.97 Å². The summed E-state index contributed by atoms with van der Waals surface area (Å²) in [6.45, 7) is 0.706. The minimum atomic E-state index is 0.637. The zero-order chi connectivity index (χ0) is 10.5. The molecular formula is C9H11N5S. The molecule has 0 saturated carbocycles. The van der Waals surface area contributed by atoms with E-state index in [-0.39, 0.29) is 0 Å². The molecule has 0 aliphatic rings. The standard InChI is InChI=1S/C9H11N5S/c10-14-9-3-7(1-2-11-9)12-4-8-5-15-6-13-8/h1-3,5-6H,4,10H2,(H2,11,12,14). The third kappa shape index (κ3) is 2.64. The molecule has 0 fully saturated rings. The molecule has 0 amide bonds. The van der Waals surface area contributed by atoms with Crippen LogP contribution in [-0.4, -0.2) is 9.97 Å². The van der Waals surface area contributed by atoms with Crippen LogP contribution in [0.4, 0.5) is 11.5 Å². The van der Waals surface area contributed by atoms with Gasteiger partial charge in [-0.05, 0) is 6.07 Å². The van der Waals surface area contributed by atoms with E-state index >= 15 is 0 Å². The monoisotopic (exact) mass is 221 g/mol. The number of thiazole rings is 1. The summed E-state index contributed by atoms with van der Waals surface area (Å²) in [5.74, 6) is 5.90. The SMILES string of the molecule is NNc1cc(NCc2cscn2)ccn1. The summed E-state index contributed by atoms with van der Waals surface area (Å²) < 4.78 is 0. The lowest BCUT2D eigenvalue weighted by Crippen LogP contribution is -2.09. The van der Waals surface area contributed by atoms with Gasteiger partial charge in [-0.25, -0.2) is 15.8 Å². The van der Waals surface area contributed by atoms with Crippen molar-refractivity contribution in [3.05, 3.63) is 34.9 Å². The summed E-state index contributed by atoms with van der Waals surface area (Å²) in [5, 5.41) is 5.24. The second-order valence-electron chi connectivity index (χ2n) is 2.91. The Morgan fingerprint density at radius 1 is 1.40 bits per heavy atom. The first-order chi connectivity index (χ1) is 7.38. The highest BCUT2D eigenvalue weighted by atomic mass is 32.1. The molecule has 6 heteroatoms. The Bertz CT molecular complexity index is 414. The van der Waals surface area contributed by atoms with E-state index in [2.05, 4.69) is 20.7 Å². The Balaban J connectivity index is 1.98. The molecule has 0 atom stereocenters. The molecule has 0 radical (unpaired) electrons. The molecule has 0 bridgehead atoms. The van der Waals surface area contributed by atoms with E-state index in [0.29, 0.717) is 12.4 Å². The molecule has 2 aromatic heterocycles. The van der Waals surface area contributed by atoms with E-state index in [1.165, 1.54) is 0 Å². The van der Waals surface area contributed by atoms with Crippen molar-refractivity contribution in [2.75, 3.05) is 10.7 Å². The lowest BCUT2D eigenvalue weighted by Gasteiger charge is -2.05. The molecule has 15 heavy (non-hydrogen) atoms. The predicted octanol–water partition coefficient (Wildman–Crippen LogP) is 1.44. The molecule has 5 nitrogen and oxygen atoms in total. The van der Waals surface area contributed by atoms with E-state index in [1.807, 2.05) is 23.0 Å². The van der Waals surface area contributed by atoms with Gasteiger partial charge < -0.3 is 10.7 Å². The minimum Gasteiger partial charge on any atom is -0.379 e. The Morgan fingerprint density at radius 2 is 2.33 bits per heavy atom. The van der Waals surface area contributed by atoms with E-state index in [9.17, 15) is 0 Å². The number of nitrogen functional groups attached to an aromatic ring is 1. The van der Waals surface area contributed by atoms with Crippen molar-refractivity contribution in [2.45, 2.75) is 6.54 Å². The molecule has 2 heterocycles. The number of hydrogen-bond donors (Lipinski definition) is 3. The van der Waals surface area contributed by atoms with Crippen LogP contribution in [0.1, 0.15) is 5.69 Å². The first-order valence-corrected chi connectivity index (χ1v) is 5.36. The molecule has 0 spiro atoms. The fourth-order valence-corrected chi connectivity index (χ4v) is 1.70. The Hall–Kier alpha value is -1.66. The van der Waals surface area contributed by atoms with E-state index in [1.54, 1.807) is 17.5 Å². The van der Waals surface area contributed by atoms with Crippen LogP contribution in [0.5, 0.6) is 0 Å². The second-order valence-corrected chi connectivity index (χ2v) is 3.63. The van der Waals surface area contributed by atoms with E-state index in [4.69, 9.17) is 5.84 Å². The number of anilines is 2. The van der Waals surface area contributed by atoms with Crippen LogP contribution in [0, 0.1) is 0 Å². The zero-order valence-electron chi connectivity index (χ0n) is 7.97. The molecule has 2 rings (SSSR count). The summed E-state index contributed by atoms with van der Waals surface area (Å²) in [4.78, 5) is 8.19. The molecule has 0 unspecified atom stereocenters. The zero-order valence-corrected chi connectivity index (χ0v) is 8.79. The summed E-state index contributed by atoms with van der Waals surface area (Å²) in [7, 11) is 0. The highest BCUT2D eigenvalue weighted by Gasteiger charge is 1.97. The topological polar surface area (TPSA) is 75.9 Å². The first kappa shape index (κ1) is 9.88. The summed E-state index contributed by atoms with van der Waals surface area (Å²) >= 11 is 1.59. The van der Waals surface area contributed by atoms with Crippen LogP contribution >= 0.6 is 11.3 Å². The van der Waals surface area contributed by atoms with Gasteiger partial charge >= 0.3 is 0 Å². The van der Waals surface area contributed by atoms with Crippen molar-refractivity contribution in [3.8, 4) is 0 Å². The number of rotatable bonds is 4. The number of nitrogens with one attached hydrogen (secondary N) is 2. The fraction of sp³-hybridized carbons (Fsp3) is 0.111. The van der Waals surface area contributed by atoms with Gasteiger partial charge in [-0.15, -0.1) is 11.3 Å². The molecule has 2 aromatic rings. The fourth-order valence-electron chi connectivity index (χ4n) is 1.14. The third-order valence-electron chi connectivity index (χ3n) is 1.86. The maximum Gasteiger partial charge on any atom is 0.141 e. The van der Waals surface area contributed by atoms with Gasteiger partial charge in [-0.3, -0.25) is 0 Å². The van der Waals surface area contributed by atoms with Gasteiger partial charge in [0.15, 0.2) is 0 Å². The average molecular weight is 221 g/mol. The van der Waals surface area contributed by atoms with Crippen LogP contribution in [0.2, 0.25) is 0 Å². The molecular weight excluding hydrogens is 210 g/mol. The van der Waals surface area contributed by atoms with Crippen molar-refractivity contribution < 1.29 is 0 Å². The highest BCUT2D eigenvalue weighted by molar-refractivity contribution is 7.07. The number of hydrogen-bond acceptors (Lipinski definition) is 6. The number of nitrogens with two attached hydrogens (primary N) is 1. The van der Waals surface area contributed by atoms with Gasteiger partial charge in [0, 0.05) is 23.3 Å². The van der Waals surface area contributed by atoms with Crippen molar-refractivity contribution >= 4 is 22.8 Å². The number of aromatic nitrogens is 2. The normalized spacial score (nSPS) is 9.93. The third-order valence-corrected chi connectivity index (χ3v) is 2.50. The van der Waals surface area contributed by atoms with Crippen molar-refractivity contribution in [1.29, 1.82) is 0 Å². The van der Waals surface area contributed by atoms with Gasteiger partial charge in [-0.2, -0.15) is 0 Å². The molecule has 78 valence electrons. The lowest BCUT2D eigenvalue weighted by atomic mass is 10.3. The Labute approximate surface area is 91.3 Å². The number of nitrogens with zero attached hydrogens (tertiary/aromatic N) is 2. The van der Waals surface area contributed by atoms with E-state index in [0.717, 1.165) is 11.4 Å². The minimum absolute atomic E-state index is 0.637. The number of hydrazine groups is 1. The largest absolute Gasteiger partial charge is 0.379 e. The average Bonchev–Trinajstić information content (AvgIpc) is 2.79. The van der Waals surface area contributed by atoms with Gasteiger partial charge in [0.2, 0.25) is 0 Å². The highest BCUT2D eigenvalue weighted by Crippen LogP contribution is 2.12. The number of pyridine rings is 1.